The highest BCUT2D eigenvalue weighted by molar-refractivity contribution is 5.94. The molecule has 0 aliphatic carbocycles. The topological polar surface area (TPSA) is 58.6 Å². The molecule has 0 aromatic heterocycles. The second-order valence-electron chi connectivity index (χ2n) is 4.91. The molecule has 1 aromatic carbocycles. The number of carboxylic acids is 1. The van der Waals surface area contributed by atoms with Gasteiger partial charge in [0.2, 0.25) is 0 Å². The highest BCUT2D eigenvalue weighted by Gasteiger charge is 2.23. The standard InChI is InChI=1S/C14H19NO3/c1-9-3-4-12(14(16)17)13(7-9)15-10(2)11-5-6-18-8-11/h3-4,7,10-11,15H,5-6,8H2,1-2H3,(H,16,17). The molecule has 98 valence electrons. The first-order valence-electron chi connectivity index (χ1n) is 6.26. The zero-order valence-corrected chi connectivity index (χ0v) is 10.8. The monoisotopic (exact) mass is 249 g/mol. The molecular weight excluding hydrogens is 230 g/mol. The summed E-state index contributed by atoms with van der Waals surface area (Å²) in [5.74, 6) is -0.445. The maximum absolute atomic E-state index is 11.2. The molecule has 0 spiro atoms. The Morgan fingerprint density at radius 1 is 1.56 bits per heavy atom. The van der Waals surface area contributed by atoms with Crippen molar-refractivity contribution in [1.29, 1.82) is 0 Å². The van der Waals surface area contributed by atoms with Crippen molar-refractivity contribution in [3.05, 3.63) is 29.3 Å². The van der Waals surface area contributed by atoms with Crippen molar-refractivity contribution in [2.75, 3.05) is 18.5 Å². The quantitative estimate of drug-likeness (QED) is 0.861. The average molecular weight is 249 g/mol. The zero-order valence-electron chi connectivity index (χ0n) is 10.8. The molecule has 2 unspecified atom stereocenters. The van der Waals surface area contributed by atoms with Crippen LogP contribution in [-0.2, 0) is 4.74 Å². The summed E-state index contributed by atoms with van der Waals surface area (Å²) in [6.45, 7) is 5.59. The summed E-state index contributed by atoms with van der Waals surface area (Å²) in [7, 11) is 0. The van der Waals surface area contributed by atoms with Crippen molar-refractivity contribution in [2.45, 2.75) is 26.3 Å². The van der Waals surface area contributed by atoms with Gasteiger partial charge in [0.05, 0.1) is 12.2 Å². The van der Waals surface area contributed by atoms with Crippen LogP contribution in [0.25, 0.3) is 0 Å². The number of anilines is 1. The maximum atomic E-state index is 11.2. The summed E-state index contributed by atoms with van der Waals surface area (Å²) in [4.78, 5) is 11.2. The van der Waals surface area contributed by atoms with Gasteiger partial charge in [-0.25, -0.2) is 4.79 Å². The van der Waals surface area contributed by atoms with Crippen LogP contribution in [0, 0.1) is 12.8 Å². The normalized spacial score (nSPS) is 20.7. The van der Waals surface area contributed by atoms with E-state index in [0.29, 0.717) is 17.2 Å². The van der Waals surface area contributed by atoms with Gasteiger partial charge in [0.15, 0.2) is 0 Å². The Morgan fingerprint density at radius 2 is 2.33 bits per heavy atom. The lowest BCUT2D eigenvalue weighted by atomic mass is 9.99. The summed E-state index contributed by atoms with van der Waals surface area (Å²) in [6.07, 6.45) is 1.03. The van der Waals surface area contributed by atoms with Crippen molar-refractivity contribution in [3.63, 3.8) is 0 Å². The summed E-state index contributed by atoms with van der Waals surface area (Å²) >= 11 is 0. The minimum Gasteiger partial charge on any atom is -0.478 e. The van der Waals surface area contributed by atoms with Crippen LogP contribution in [0.3, 0.4) is 0 Å². The lowest BCUT2D eigenvalue weighted by Gasteiger charge is -2.21. The Hall–Kier alpha value is -1.55. The van der Waals surface area contributed by atoms with Crippen molar-refractivity contribution >= 4 is 11.7 Å². The number of aromatic carboxylic acids is 1. The fourth-order valence-electron chi connectivity index (χ4n) is 2.27. The van der Waals surface area contributed by atoms with Gasteiger partial charge in [-0.1, -0.05) is 6.07 Å². The fraction of sp³-hybridized carbons (Fsp3) is 0.500. The van der Waals surface area contributed by atoms with E-state index in [-0.39, 0.29) is 6.04 Å². The average Bonchev–Trinajstić information content (AvgIpc) is 2.81. The third-order valence-electron chi connectivity index (χ3n) is 3.46. The van der Waals surface area contributed by atoms with Crippen LogP contribution in [0.2, 0.25) is 0 Å². The molecule has 2 rings (SSSR count). The first kappa shape index (κ1) is 12.9. The van der Waals surface area contributed by atoms with Gasteiger partial charge in [-0.05, 0) is 38.0 Å². The SMILES string of the molecule is Cc1ccc(C(=O)O)c(NC(C)C2CCOC2)c1. The molecule has 1 heterocycles. The molecule has 4 nitrogen and oxygen atoms in total. The van der Waals surface area contributed by atoms with E-state index >= 15 is 0 Å². The molecule has 1 fully saturated rings. The molecule has 1 aliphatic rings. The second kappa shape index (κ2) is 5.40. The van der Waals surface area contributed by atoms with Crippen molar-refractivity contribution in [2.24, 2.45) is 5.92 Å². The van der Waals surface area contributed by atoms with Crippen LogP contribution in [0.1, 0.15) is 29.3 Å². The Bertz CT molecular complexity index is 439. The van der Waals surface area contributed by atoms with Crippen molar-refractivity contribution in [3.8, 4) is 0 Å². The molecule has 0 saturated carbocycles. The number of carbonyl (C=O) groups is 1. The largest absolute Gasteiger partial charge is 0.478 e. The summed E-state index contributed by atoms with van der Waals surface area (Å²) in [5, 5.41) is 12.5. The van der Waals surface area contributed by atoms with E-state index in [1.165, 1.54) is 0 Å². The first-order chi connectivity index (χ1) is 8.58. The van der Waals surface area contributed by atoms with E-state index < -0.39 is 5.97 Å². The number of ether oxygens (including phenoxy) is 1. The number of nitrogens with one attached hydrogen (secondary N) is 1. The Kier molecular flexibility index (Phi) is 3.87. The maximum Gasteiger partial charge on any atom is 0.337 e. The second-order valence-corrected chi connectivity index (χ2v) is 4.91. The third kappa shape index (κ3) is 2.82. The number of hydrogen-bond donors (Lipinski definition) is 2. The van der Waals surface area contributed by atoms with Gasteiger partial charge in [0.1, 0.15) is 0 Å². The van der Waals surface area contributed by atoms with E-state index in [1.54, 1.807) is 6.07 Å². The summed E-state index contributed by atoms with van der Waals surface area (Å²) in [5.41, 5.74) is 2.07. The number of aryl methyl sites for hydroxylation is 1. The van der Waals surface area contributed by atoms with E-state index in [9.17, 15) is 9.90 Å². The molecule has 1 aliphatic heterocycles. The lowest BCUT2D eigenvalue weighted by molar-refractivity contribution is 0.0698. The van der Waals surface area contributed by atoms with Crippen LogP contribution >= 0.6 is 0 Å². The number of carboxylic acid groups (broad SMARTS) is 1. The number of rotatable bonds is 4. The van der Waals surface area contributed by atoms with Gasteiger partial charge in [0.25, 0.3) is 0 Å². The van der Waals surface area contributed by atoms with Crippen LogP contribution in [0.5, 0.6) is 0 Å². The van der Waals surface area contributed by atoms with Gasteiger partial charge in [-0.3, -0.25) is 0 Å². The molecular formula is C14H19NO3. The third-order valence-corrected chi connectivity index (χ3v) is 3.46. The van der Waals surface area contributed by atoms with Crippen molar-refractivity contribution < 1.29 is 14.6 Å². The molecule has 2 atom stereocenters. The van der Waals surface area contributed by atoms with E-state index in [4.69, 9.17) is 4.74 Å². The smallest absolute Gasteiger partial charge is 0.337 e. The molecule has 4 heteroatoms. The molecule has 18 heavy (non-hydrogen) atoms. The fourth-order valence-corrected chi connectivity index (χ4v) is 2.27. The Balaban J connectivity index is 2.16. The number of hydrogen-bond acceptors (Lipinski definition) is 3. The molecule has 0 radical (unpaired) electrons. The first-order valence-corrected chi connectivity index (χ1v) is 6.26. The Morgan fingerprint density at radius 3 is 2.94 bits per heavy atom. The van der Waals surface area contributed by atoms with Crippen molar-refractivity contribution in [1.82, 2.24) is 0 Å². The van der Waals surface area contributed by atoms with Gasteiger partial charge < -0.3 is 15.2 Å². The summed E-state index contributed by atoms with van der Waals surface area (Å²) < 4.78 is 5.36. The van der Waals surface area contributed by atoms with Gasteiger partial charge in [-0.2, -0.15) is 0 Å². The van der Waals surface area contributed by atoms with Crippen LogP contribution in [0.15, 0.2) is 18.2 Å². The van der Waals surface area contributed by atoms with Gasteiger partial charge >= 0.3 is 5.97 Å². The number of benzene rings is 1. The minimum atomic E-state index is -0.896. The zero-order chi connectivity index (χ0) is 13.1. The van der Waals surface area contributed by atoms with E-state index in [1.807, 2.05) is 19.1 Å². The predicted octanol–water partition coefficient (Wildman–Crippen LogP) is 2.53. The molecule has 1 saturated heterocycles. The molecule has 0 amide bonds. The molecule has 0 bridgehead atoms. The Labute approximate surface area is 107 Å². The van der Waals surface area contributed by atoms with Gasteiger partial charge in [-0.15, -0.1) is 0 Å². The predicted molar refractivity (Wildman–Crippen MR) is 70.1 cm³/mol. The highest BCUT2D eigenvalue weighted by Crippen LogP contribution is 2.23. The highest BCUT2D eigenvalue weighted by atomic mass is 16.5. The van der Waals surface area contributed by atoms with E-state index in [2.05, 4.69) is 12.2 Å². The van der Waals surface area contributed by atoms with Crippen LogP contribution in [0.4, 0.5) is 5.69 Å². The summed E-state index contributed by atoms with van der Waals surface area (Å²) in [6, 6.07) is 5.57. The van der Waals surface area contributed by atoms with Crippen LogP contribution in [-0.4, -0.2) is 30.3 Å². The molecule has 1 aromatic rings. The lowest BCUT2D eigenvalue weighted by Crippen LogP contribution is -2.27. The van der Waals surface area contributed by atoms with Gasteiger partial charge in [0, 0.05) is 24.3 Å². The minimum absolute atomic E-state index is 0.215. The molecule has 2 N–H and O–H groups in total. The van der Waals surface area contributed by atoms with E-state index in [0.717, 1.165) is 25.2 Å². The van der Waals surface area contributed by atoms with Crippen LogP contribution < -0.4 is 5.32 Å².